The second kappa shape index (κ2) is 19.6. The van der Waals surface area contributed by atoms with E-state index in [4.69, 9.17) is 33.9 Å². The molecule has 400 valence electrons. The van der Waals surface area contributed by atoms with Crippen molar-refractivity contribution in [3.05, 3.63) is 160 Å². The van der Waals surface area contributed by atoms with Crippen molar-refractivity contribution in [2.75, 3.05) is 62.2 Å². The molecule has 6 aromatic rings. The third-order valence-corrected chi connectivity index (χ3v) is 18.9. The lowest BCUT2D eigenvalue weighted by Crippen LogP contribution is -2.45. The summed E-state index contributed by atoms with van der Waals surface area (Å²) in [5.74, 6) is 1.17. The molecule has 12 nitrogen and oxygen atoms in total. The molecule has 0 aromatic heterocycles. The second-order valence-electron chi connectivity index (χ2n) is 23.1. The second-order valence-corrected chi connectivity index (χ2v) is 23.5. The predicted molar refractivity (Wildman–Crippen MR) is 311 cm³/mol. The molecule has 0 spiro atoms. The average Bonchev–Trinajstić information content (AvgIpc) is 3.60. The Morgan fingerprint density at radius 3 is 1.40 bits per heavy atom. The van der Waals surface area contributed by atoms with Gasteiger partial charge < -0.3 is 39.1 Å². The van der Waals surface area contributed by atoms with Crippen LogP contribution in [0.5, 0.6) is 23.0 Å². The Balaban J connectivity index is 0.000000138. The van der Waals surface area contributed by atoms with Crippen LogP contribution in [0.2, 0.25) is 0 Å². The number of benzene rings is 6. The van der Waals surface area contributed by atoms with E-state index in [2.05, 4.69) is 63.5 Å². The van der Waals surface area contributed by atoms with Gasteiger partial charge in [0.15, 0.2) is 0 Å². The van der Waals surface area contributed by atoms with Crippen molar-refractivity contribution < 1.29 is 29.3 Å². The molecule has 0 radical (unpaired) electrons. The van der Waals surface area contributed by atoms with Gasteiger partial charge in [0.1, 0.15) is 49.2 Å². The number of hydrogen-bond donors (Lipinski definition) is 0. The molecular formula is C66H58N6O6S2. The molecule has 10 aliphatic rings. The first-order valence-corrected chi connectivity index (χ1v) is 29.8. The van der Waals surface area contributed by atoms with Gasteiger partial charge in [0.05, 0.1) is 44.8 Å². The van der Waals surface area contributed by atoms with E-state index in [0.717, 1.165) is 211 Å². The van der Waals surface area contributed by atoms with E-state index in [-0.39, 0.29) is 11.1 Å². The molecule has 14 heteroatoms. The lowest BCUT2D eigenvalue weighted by molar-refractivity contribution is -0.256. The van der Waals surface area contributed by atoms with Crippen LogP contribution in [0.25, 0.3) is 11.1 Å². The number of thiocarbonyl (C=S) groups is 2. The first kappa shape index (κ1) is 49.4. The zero-order chi connectivity index (χ0) is 53.9. The Labute approximate surface area is 474 Å². The molecule has 0 saturated carbocycles. The lowest BCUT2D eigenvalue weighted by Gasteiger charge is -2.39. The molecule has 80 heavy (non-hydrogen) atoms. The maximum atomic E-state index is 12.6. The van der Waals surface area contributed by atoms with Gasteiger partial charge in [-0.15, -0.1) is 0 Å². The van der Waals surface area contributed by atoms with Gasteiger partial charge in [-0.3, -0.25) is 0 Å². The SMILES string of the molecule is O=C([O-])c1cc(N=C=S)ccc1C1=c2cc3c4c(c2Oc2c1cc1c5c2CCCN5CCC1)CCC[N+]=4CCC3.O=C([O-])c1ccc(N=C=S)cc1C1=c2cc3c4c(c2Oc2c1cc1c5c2CCCN5CCC1)CCC[N+]=4CCC3. The van der Waals surface area contributed by atoms with Crippen LogP contribution < -0.4 is 59.8 Å². The number of aryl methyl sites for hydroxylation is 4. The number of carbonyl (C=O) groups is 2. The third-order valence-electron chi connectivity index (χ3n) is 18.7. The molecule has 0 aliphatic carbocycles. The highest BCUT2D eigenvalue weighted by Crippen LogP contribution is 2.51. The van der Waals surface area contributed by atoms with Crippen molar-refractivity contribution in [2.24, 2.45) is 9.98 Å². The van der Waals surface area contributed by atoms with Crippen molar-refractivity contribution in [3.63, 3.8) is 0 Å². The van der Waals surface area contributed by atoms with Gasteiger partial charge in [-0.1, -0.05) is 12.1 Å². The summed E-state index contributed by atoms with van der Waals surface area (Å²) in [5.41, 5.74) is 19.4. The first-order valence-electron chi connectivity index (χ1n) is 29.0. The van der Waals surface area contributed by atoms with Crippen LogP contribution in [0.3, 0.4) is 0 Å². The van der Waals surface area contributed by atoms with Crippen molar-refractivity contribution in [1.29, 1.82) is 0 Å². The monoisotopic (exact) mass is 1090 g/mol. The maximum Gasteiger partial charge on any atom is 0.210 e. The Bertz CT molecular complexity index is 4200. The molecule has 10 aliphatic heterocycles. The van der Waals surface area contributed by atoms with Crippen LogP contribution in [-0.2, 0) is 51.4 Å². The van der Waals surface area contributed by atoms with Crippen LogP contribution in [-0.4, -0.2) is 74.6 Å². The number of hydrogen-bond acceptors (Lipinski definition) is 12. The zero-order valence-electron chi connectivity index (χ0n) is 44.7. The quantitative estimate of drug-likeness (QED) is 0.104. The summed E-state index contributed by atoms with van der Waals surface area (Å²) in [4.78, 5) is 38.5. The number of carboxylic acids is 2. The molecule has 0 atom stereocenters. The number of carboxylic acid groups (broad SMARTS) is 2. The highest BCUT2D eigenvalue weighted by atomic mass is 32.1. The molecular weight excluding hydrogens is 1040 g/mol. The molecule has 0 unspecified atom stereocenters. The first-order chi connectivity index (χ1) is 39.2. The standard InChI is InChI=1S/2C33H29N3O3S/c37-33(38)22-10-9-21(34-18-40)17-25(22)28-26-15-19-5-1-11-35-13-3-7-23(29(19)35)31(26)39-32-24-8-4-14-36-12-2-6-20(30(24)36)16-27(28)32;37-33(38)25-17-21(34-18-40)9-10-22(25)28-26-15-19-5-1-11-35-13-3-7-23(29(19)35)31(26)39-32-24-8-4-14-36-12-2-6-20(30(24)36)16-27(28)32/h2*9-10,15-17H,1-8,11-14H2. The minimum Gasteiger partial charge on any atom is -0.545 e. The van der Waals surface area contributed by atoms with E-state index in [1.807, 2.05) is 18.2 Å². The molecule has 16 rings (SSSR count). The molecule has 0 N–H and O–H groups in total. The molecule has 10 heterocycles. The topological polar surface area (TPSA) is 136 Å². The lowest BCUT2D eigenvalue weighted by atomic mass is 9.81. The summed E-state index contributed by atoms with van der Waals surface area (Å²) in [7, 11) is 0. The fraction of sp³-hybridized carbons (Fsp3) is 0.364. The van der Waals surface area contributed by atoms with E-state index in [0.29, 0.717) is 22.5 Å². The van der Waals surface area contributed by atoms with E-state index in [9.17, 15) is 19.8 Å². The molecule has 0 amide bonds. The number of isothiocyanates is 2. The number of aromatic carboxylic acids is 2. The highest BCUT2D eigenvalue weighted by molar-refractivity contribution is 7.78. The van der Waals surface area contributed by atoms with Crippen molar-refractivity contribution in [1.82, 2.24) is 9.15 Å². The average molecular weight is 1100 g/mol. The number of aliphatic imine (C=N–C) groups is 2. The van der Waals surface area contributed by atoms with Gasteiger partial charge in [0.25, 0.3) is 0 Å². The fourth-order valence-corrected chi connectivity index (χ4v) is 15.9. The van der Waals surface area contributed by atoms with Crippen molar-refractivity contribution in [2.45, 2.75) is 103 Å². The summed E-state index contributed by atoms with van der Waals surface area (Å²) in [6.07, 6.45) is 16.8. The summed E-state index contributed by atoms with van der Waals surface area (Å²) < 4.78 is 19.2. The maximum absolute atomic E-state index is 12.6. The number of nitrogens with zero attached hydrogens (tertiary/aromatic N) is 6. The van der Waals surface area contributed by atoms with Gasteiger partial charge in [-0.2, -0.15) is 9.98 Å². The van der Waals surface area contributed by atoms with Crippen LogP contribution in [0.15, 0.2) is 70.6 Å². The Kier molecular flexibility index (Phi) is 12.1. The van der Waals surface area contributed by atoms with Gasteiger partial charge >= 0.3 is 0 Å². The Hall–Kier alpha value is -7.60. The summed E-state index contributed by atoms with van der Waals surface area (Å²) >= 11 is 9.69. The number of fused-ring (bicyclic) bond motifs is 8. The predicted octanol–water partition coefficient (Wildman–Crippen LogP) is 6.44. The third kappa shape index (κ3) is 7.81. The van der Waals surface area contributed by atoms with Gasteiger partial charge in [0, 0.05) is 129 Å². The Morgan fingerprint density at radius 2 is 0.900 bits per heavy atom. The Morgan fingerprint density at radius 1 is 0.463 bits per heavy atom. The van der Waals surface area contributed by atoms with Crippen LogP contribution in [0.1, 0.15) is 139 Å². The number of ether oxygens (including phenoxy) is 2. The van der Waals surface area contributed by atoms with Crippen molar-refractivity contribution >= 4 is 80.6 Å². The number of rotatable bonds is 6. The highest BCUT2D eigenvalue weighted by Gasteiger charge is 2.39. The minimum atomic E-state index is -1.23. The number of carbonyl (C=O) groups excluding carboxylic acids is 2. The van der Waals surface area contributed by atoms with Crippen LogP contribution in [0.4, 0.5) is 22.7 Å². The van der Waals surface area contributed by atoms with Gasteiger partial charge in [-0.25, -0.2) is 9.15 Å². The van der Waals surface area contributed by atoms with E-state index in [1.165, 1.54) is 66.6 Å². The molecule has 0 fully saturated rings. The largest absolute Gasteiger partial charge is 0.545 e. The van der Waals surface area contributed by atoms with E-state index >= 15 is 0 Å². The summed E-state index contributed by atoms with van der Waals surface area (Å²) in [6, 6.07) is 19.4. The molecule has 0 bridgehead atoms. The van der Waals surface area contributed by atoms with E-state index < -0.39 is 11.9 Å². The molecule has 6 aromatic carbocycles. The van der Waals surface area contributed by atoms with Gasteiger partial charge in [0.2, 0.25) is 10.7 Å². The van der Waals surface area contributed by atoms with Crippen LogP contribution >= 0.6 is 24.4 Å². The van der Waals surface area contributed by atoms with E-state index in [1.54, 1.807) is 18.2 Å². The zero-order valence-corrected chi connectivity index (χ0v) is 46.3. The normalized spacial score (nSPS) is 18.1. The fourth-order valence-electron chi connectivity index (χ4n) is 15.7. The smallest absolute Gasteiger partial charge is 0.210 e. The summed E-state index contributed by atoms with van der Waals surface area (Å²) in [5, 5.41) is 34.6. The van der Waals surface area contributed by atoms with Crippen LogP contribution in [0, 0.1) is 0 Å². The van der Waals surface area contributed by atoms with Crippen molar-refractivity contribution in [3.8, 4) is 23.0 Å². The summed E-state index contributed by atoms with van der Waals surface area (Å²) in [6.45, 7) is 8.62. The minimum absolute atomic E-state index is 0.112. The molecule has 0 saturated heterocycles. The number of anilines is 2. The van der Waals surface area contributed by atoms with Gasteiger partial charge in [-0.05, 0) is 172 Å².